The van der Waals surface area contributed by atoms with Gasteiger partial charge in [-0.05, 0) is 38.0 Å². The van der Waals surface area contributed by atoms with Crippen LogP contribution in [0.2, 0.25) is 0 Å². The second kappa shape index (κ2) is 7.65. The normalized spacial score (nSPS) is 15.3. The Morgan fingerprint density at radius 1 is 1.13 bits per heavy atom. The standard InChI is InChI=1S/C11H24N2O2/c1-8(2)6-7-9(12)4-3-5-10(13)11(14)15/h8-10H,3-7,12-13H2,1-2H3,(H,14,15). The van der Waals surface area contributed by atoms with Crippen LogP contribution in [0.25, 0.3) is 0 Å². The van der Waals surface area contributed by atoms with Crippen molar-refractivity contribution in [2.24, 2.45) is 17.4 Å². The highest BCUT2D eigenvalue weighted by molar-refractivity contribution is 5.72. The monoisotopic (exact) mass is 216 g/mol. The van der Waals surface area contributed by atoms with Gasteiger partial charge in [0.15, 0.2) is 0 Å². The minimum atomic E-state index is -0.925. The van der Waals surface area contributed by atoms with Crippen LogP contribution in [0.3, 0.4) is 0 Å². The van der Waals surface area contributed by atoms with Crippen LogP contribution in [-0.4, -0.2) is 23.2 Å². The average Bonchev–Trinajstić information content (AvgIpc) is 2.14. The third-order valence-electron chi connectivity index (χ3n) is 2.52. The molecule has 15 heavy (non-hydrogen) atoms. The third kappa shape index (κ3) is 8.39. The molecule has 2 unspecified atom stereocenters. The van der Waals surface area contributed by atoms with Crippen molar-refractivity contribution in [3.05, 3.63) is 0 Å². The zero-order valence-electron chi connectivity index (χ0n) is 9.78. The molecule has 5 N–H and O–H groups in total. The number of carbonyl (C=O) groups is 1. The predicted molar refractivity (Wildman–Crippen MR) is 61.5 cm³/mol. The topological polar surface area (TPSA) is 89.3 Å². The van der Waals surface area contributed by atoms with Gasteiger partial charge in [0.25, 0.3) is 0 Å². The van der Waals surface area contributed by atoms with E-state index in [0.29, 0.717) is 12.3 Å². The van der Waals surface area contributed by atoms with Gasteiger partial charge in [0.1, 0.15) is 6.04 Å². The molecule has 0 spiro atoms. The predicted octanol–water partition coefficient (Wildman–Crippen LogP) is 1.33. The Morgan fingerprint density at radius 2 is 1.73 bits per heavy atom. The highest BCUT2D eigenvalue weighted by Crippen LogP contribution is 2.10. The molecule has 0 saturated heterocycles. The summed E-state index contributed by atoms with van der Waals surface area (Å²) in [6, 6.07) is -0.546. The lowest BCUT2D eigenvalue weighted by Gasteiger charge is -2.13. The molecule has 0 saturated carbocycles. The van der Waals surface area contributed by atoms with Crippen molar-refractivity contribution in [1.82, 2.24) is 0 Å². The summed E-state index contributed by atoms with van der Waals surface area (Å²) in [6.07, 6.45) is 4.33. The van der Waals surface area contributed by atoms with Gasteiger partial charge in [0.05, 0.1) is 0 Å². The van der Waals surface area contributed by atoms with Gasteiger partial charge in [0, 0.05) is 6.04 Å². The number of nitrogens with two attached hydrogens (primary N) is 2. The van der Waals surface area contributed by atoms with Crippen LogP contribution >= 0.6 is 0 Å². The van der Waals surface area contributed by atoms with Crippen molar-refractivity contribution >= 4 is 5.97 Å². The molecule has 0 aliphatic carbocycles. The lowest BCUT2D eigenvalue weighted by molar-refractivity contribution is -0.138. The fourth-order valence-electron chi connectivity index (χ4n) is 1.42. The summed E-state index contributed by atoms with van der Waals surface area (Å²) in [5, 5.41) is 8.57. The number of carboxylic acids is 1. The van der Waals surface area contributed by atoms with E-state index in [1.165, 1.54) is 0 Å². The quantitative estimate of drug-likeness (QED) is 0.571. The summed E-state index contributed by atoms with van der Waals surface area (Å²) in [6.45, 7) is 4.35. The van der Waals surface area contributed by atoms with Crippen molar-refractivity contribution in [2.45, 2.75) is 58.0 Å². The second-order valence-electron chi connectivity index (χ2n) is 4.61. The molecular weight excluding hydrogens is 192 g/mol. The summed E-state index contributed by atoms with van der Waals surface area (Å²) in [7, 11) is 0. The summed E-state index contributed by atoms with van der Waals surface area (Å²) in [5.74, 6) is -0.247. The van der Waals surface area contributed by atoms with E-state index in [0.717, 1.165) is 25.7 Å². The Hall–Kier alpha value is -0.610. The van der Waals surface area contributed by atoms with E-state index in [1.807, 2.05) is 0 Å². The molecule has 0 aromatic carbocycles. The van der Waals surface area contributed by atoms with Crippen LogP contribution in [0.15, 0.2) is 0 Å². The first-order valence-corrected chi connectivity index (χ1v) is 5.67. The van der Waals surface area contributed by atoms with Crippen LogP contribution < -0.4 is 11.5 Å². The smallest absolute Gasteiger partial charge is 0.320 e. The molecule has 0 aromatic heterocycles. The van der Waals surface area contributed by atoms with Crippen LogP contribution in [-0.2, 0) is 4.79 Å². The number of hydrogen-bond donors (Lipinski definition) is 3. The van der Waals surface area contributed by atoms with Gasteiger partial charge in [-0.25, -0.2) is 0 Å². The van der Waals surface area contributed by atoms with Crippen LogP contribution in [0.4, 0.5) is 0 Å². The third-order valence-corrected chi connectivity index (χ3v) is 2.52. The molecule has 2 atom stereocenters. The Balaban J connectivity index is 3.46. The van der Waals surface area contributed by atoms with Crippen LogP contribution in [0.1, 0.15) is 46.0 Å². The fourth-order valence-corrected chi connectivity index (χ4v) is 1.42. The molecule has 0 amide bonds. The zero-order valence-corrected chi connectivity index (χ0v) is 9.78. The Kier molecular flexibility index (Phi) is 7.34. The van der Waals surface area contributed by atoms with Gasteiger partial charge in [-0.2, -0.15) is 0 Å². The molecule has 90 valence electrons. The first kappa shape index (κ1) is 14.4. The largest absolute Gasteiger partial charge is 0.480 e. The number of aliphatic carboxylic acids is 1. The first-order chi connectivity index (χ1) is 6.93. The van der Waals surface area contributed by atoms with Gasteiger partial charge in [0.2, 0.25) is 0 Å². The van der Waals surface area contributed by atoms with E-state index >= 15 is 0 Å². The Labute approximate surface area is 92.0 Å². The molecule has 0 aliphatic heterocycles. The number of carboxylic acid groups (broad SMARTS) is 1. The summed E-state index contributed by atoms with van der Waals surface area (Å²) < 4.78 is 0. The molecule has 4 nitrogen and oxygen atoms in total. The zero-order chi connectivity index (χ0) is 11.8. The summed E-state index contributed by atoms with van der Waals surface area (Å²) in [5.41, 5.74) is 11.3. The molecule has 0 radical (unpaired) electrons. The van der Waals surface area contributed by atoms with Gasteiger partial charge in [-0.1, -0.05) is 13.8 Å². The Morgan fingerprint density at radius 3 is 2.20 bits per heavy atom. The lowest BCUT2D eigenvalue weighted by atomic mass is 9.99. The maximum Gasteiger partial charge on any atom is 0.320 e. The minimum absolute atomic E-state index is 0.188. The molecule has 0 fully saturated rings. The van der Waals surface area contributed by atoms with E-state index in [1.54, 1.807) is 0 Å². The maximum atomic E-state index is 10.4. The van der Waals surface area contributed by atoms with Crippen molar-refractivity contribution < 1.29 is 9.90 Å². The highest BCUT2D eigenvalue weighted by Gasteiger charge is 2.11. The number of rotatable bonds is 8. The molecule has 0 bridgehead atoms. The SMILES string of the molecule is CC(C)CCC(N)CCCC(N)C(=O)O. The van der Waals surface area contributed by atoms with Crippen molar-refractivity contribution in [1.29, 1.82) is 0 Å². The van der Waals surface area contributed by atoms with Crippen molar-refractivity contribution in [3.63, 3.8) is 0 Å². The van der Waals surface area contributed by atoms with E-state index in [4.69, 9.17) is 16.6 Å². The fraction of sp³-hybridized carbons (Fsp3) is 0.909. The van der Waals surface area contributed by atoms with Gasteiger partial charge in [-0.3, -0.25) is 4.79 Å². The molecule has 0 heterocycles. The van der Waals surface area contributed by atoms with E-state index in [2.05, 4.69) is 13.8 Å². The summed E-state index contributed by atoms with van der Waals surface area (Å²) >= 11 is 0. The highest BCUT2D eigenvalue weighted by atomic mass is 16.4. The molecule has 0 aliphatic rings. The Bertz CT molecular complexity index is 183. The van der Waals surface area contributed by atoms with Crippen LogP contribution in [0, 0.1) is 5.92 Å². The van der Waals surface area contributed by atoms with Crippen molar-refractivity contribution in [2.75, 3.05) is 0 Å². The van der Waals surface area contributed by atoms with E-state index in [-0.39, 0.29) is 6.04 Å². The van der Waals surface area contributed by atoms with Crippen LogP contribution in [0.5, 0.6) is 0 Å². The molecule has 4 heteroatoms. The van der Waals surface area contributed by atoms with Crippen molar-refractivity contribution in [3.8, 4) is 0 Å². The minimum Gasteiger partial charge on any atom is -0.480 e. The molecular formula is C11H24N2O2. The van der Waals surface area contributed by atoms with E-state index in [9.17, 15) is 4.79 Å². The van der Waals surface area contributed by atoms with Gasteiger partial charge >= 0.3 is 5.97 Å². The lowest BCUT2D eigenvalue weighted by Crippen LogP contribution is -2.30. The first-order valence-electron chi connectivity index (χ1n) is 5.67. The number of hydrogen-bond acceptors (Lipinski definition) is 3. The average molecular weight is 216 g/mol. The molecule has 0 rings (SSSR count). The van der Waals surface area contributed by atoms with Gasteiger partial charge in [-0.15, -0.1) is 0 Å². The second-order valence-corrected chi connectivity index (χ2v) is 4.61. The van der Waals surface area contributed by atoms with E-state index < -0.39 is 12.0 Å². The summed E-state index contributed by atoms with van der Waals surface area (Å²) in [4.78, 5) is 10.4. The molecule has 0 aromatic rings. The maximum absolute atomic E-state index is 10.4. The van der Waals surface area contributed by atoms with Gasteiger partial charge < -0.3 is 16.6 Å².